The van der Waals surface area contributed by atoms with Crippen LogP contribution in [0.1, 0.15) is 57.4 Å². The van der Waals surface area contributed by atoms with E-state index in [-0.39, 0.29) is 76.6 Å². The first-order chi connectivity index (χ1) is 21.5. The number of ketones is 4. The van der Waals surface area contributed by atoms with Crippen LogP contribution in [0.4, 0.5) is 0 Å². The molecule has 2 aliphatic rings. The largest absolute Gasteiger partial charge is 0.288 e. The molecule has 0 fully saturated rings. The number of rotatable bonds is 4. The van der Waals surface area contributed by atoms with E-state index in [0.717, 1.165) is 30.6 Å². The molecule has 0 atom stereocenters. The Kier molecular flexibility index (Phi) is 7.56. The van der Waals surface area contributed by atoms with Gasteiger partial charge in [-0.15, -0.1) is 22.7 Å². The highest BCUT2D eigenvalue weighted by Gasteiger charge is 2.35. The van der Waals surface area contributed by atoms with Crippen LogP contribution in [-0.2, 0) is 0 Å². The lowest BCUT2D eigenvalue weighted by Crippen LogP contribution is -2.00. The van der Waals surface area contributed by atoms with Crippen LogP contribution in [0.3, 0.4) is 0 Å². The van der Waals surface area contributed by atoms with Crippen LogP contribution in [0.15, 0.2) is 77.9 Å². The summed E-state index contributed by atoms with van der Waals surface area (Å²) in [5.74, 6) is -1.47. The molecule has 0 radical (unpaired) electrons. The third kappa shape index (κ3) is 5.16. The van der Waals surface area contributed by atoms with Gasteiger partial charge in [-0.25, -0.2) is 0 Å². The number of carbonyl (C=O) groups is 4. The fourth-order valence-corrected chi connectivity index (χ4v) is 8.33. The number of thiophene rings is 2. The van der Waals surface area contributed by atoms with Crippen molar-refractivity contribution in [1.29, 1.82) is 0 Å². The molecule has 2 aromatic heterocycles. The van der Waals surface area contributed by atoms with E-state index in [1.54, 1.807) is 23.5 Å². The maximum absolute atomic E-state index is 13.0. The van der Waals surface area contributed by atoms with Gasteiger partial charge in [0.2, 0.25) is 0 Å². The van der Waals surface area contributed by atoms with Crippen molar-refractivity contribution in [3.8, 4) is 20.2 Å². The Bertz CT molecular complexity index is 2150. The number of Topliss-reactive ketones (excluding diaryl/α,β-unsaturated/α-hetero) is 4. The molecule has 45 heavy (non-hydrogen) atoms. The van der Waals surface area contributed by atoms with Crippen LogP contribution in [-0.4, -0.2) is 23.1 Å². The van der Waals surface area contributed by atoms with E-state index in [2.05, 4.69) is 6.07 Å². The van der Waals surface area contributed by atoms with Crippen molar-refractivity contribution in [1.82, 2.24) is 0 Å². The summed E-state index contributed by atoms with van der Waals surface area (Å²) in [7, 11) is 0. The Morgan fingerprint density at radius 3 is 1.49 bits per heavy atom. The van der Waals surface area contributed by atoms with E-state index in [0.29, 0.717) is 5.56 Å². The summed E-state index contributed by atoms with van der Waals surface area (Å²) in [4.78, 5) is 55.7. The maximum atomic E-state index is 13.0. The molecule has 220 valence electrons. The minimum atomic E-state index is -0.373. The average molecular weight is 706 g/mol. The molecule has 3 aromatic carbocycles. The lowest BCUT2D eigenvalue weighted by Gasteiger charge is -2.00. The van der Waals surface area contributed by atoms with Gasteiger partial charge in [-0.3, -0.25) is 19.2 Å². The Balaban J connectivity index is 1.12. The van der Waals surface area contributed by atoms with E-state index >= 15 is 0 Å². The molecule has 0 amide bonds. The first kappa shape index (κ1) is 30.1. The number of halogens is 4. The molecule has 0 saturated heterocycles. The average Bonchev–Trinajstić information content (AvgIpc) is 3.75. The summed E-state index contributed by atoms with van der Waals surface area (Å²) in [5, 5.41) is 0.914. The second kappa shape index (κ2) is 11.3. The quantitative estimate of drug-likeness (QED) is 0.138. The molecule has 5 aromatic rings. The molecule has 4 nitrogen and oxygen atoms in total. The van der Waals surface area contributed by atoms with Crippen LogP contribution < -0.4 is 0 Å². The van der Waals surface area contributed by atoms with E-state index in [1.807, 2.05) is 43.3 Å². The van der Waals surface area contributed by atoms with Crippen molar-refractivity contribution in [2.45, 2.75) is 6.92 Å². The number of hydrogen-bond donors (Lipinski definition) is 0. The van der Waals surface area contributed by atoms with E-state index in [1.165, 1.54) is 35.6 Å². The van der Waals surface area contributed by atoms with E-state index in [9.17, 15) is 19.2 Å². The molecular weight excluding hydrogens is 690 g/mol. The zero-order valence-electron chi connectivity index (χ0n) is 23.0. The molecular formula is C35H16Cl4O4S2. The predicted molar refractivity (Wildman–Crippen MR) is 184 cm³/mol. The van der Waals surface area contributed by atoms with Gasteiger partial charge >= 0.3 is 0 Å². The lowest BCUT2D eigenvalue weighted by molar-refractivity contribution is 0.0975. The van der Waals surface area contributed by atoms with Crippen molar-refractivity contribution >= 4 is 104 Å². The molecule has 0 spiro atoms. The smallest absolute Gasteiger partial charge is 0.197 e. The second-order valence-corrected chi connectivity index (χ2v) is 14.3. The molecule has 0 bridgehead atoms. The van der Waals surface area contributed by atoms with Gasteiger partial charge in [-0.2, -0.15) is 0 Å². The normalized spacial score (nSPS) is 14.0. The van der Waals surface area contributed by atoms with Gasteiger partial charge in [0.1, 0.15) is 0 Å². The van der Waals surface area contributed by atoms with Crippen molar-refractivity contribution in [3.63, 3.8) is 0 Å². The summed E-state index contributed by atoms with van der Waals surface area (Å²) in [6, 6.07) is 19.4. The number of hydrogen-bond acceptors (Lipinski definition) is 6. The minimum absolute atomic E-state index is 0.0753. The lowest BCUT2D eigenvalue weighted by atomic mass is 10.0. The standard InChI is InChI=1S/C35H16Cl4O4S2/c1-15-8-30(17-4-2-16(3-5-17)9-23-31(40)19-11-25(36)26(37)12-20(19)32(23)41)45-35(15)29-7-6-18(44-29)10-24-33(42)21-13-27(38)28(39)14-22(21)34(24)43/h2-14H,1H3. The summed E-state index contributed by atoms with van der Waals surface area (Å²) in [6.45, 7) is 2.04. The Morgan fingerprint density at radius 1 is 0.533 bits per heavy atom. The highest BCUT2D eigenvalue weighted by molar-refractivity contribution is 7.24. The van der Waals surface area contributed by atoms with E-state index < -0.39 is 0 Å². The fraction of sp³-hybridized carbons (Fsp3) is 0.0286. The Hall–Kier alpha value is -3.62. The molecule has 0 saturated carbocycles. The summed E-state index contributed by atoms with van der Waals surface area (Å²) in [5.41, 5.74) is 4.00. The van der Waals surface area contributed by atoms with Gasteiger partial charge in [0.05, 0.1) is 31.2 Å². The van der Waals surface area contributed by atoms with Crippen LogP contribution in [0, 0.1) is 6.92 Å². The van der Waals surface area contributed by atoms with Gasteiger partial charge in [0.25, 0.3) is 0 Å². The minimum Gasteiger partial charge on any atom is -0.288 e. The van der Waals surface area contributed by atoms with Crippen LogP contribution in [0.5, 0.6) is 0 Å². The summed E-state index contributed by atoms with van der Waals surface area (Å²) >= 11 is 27.4. The number of benzene rings is 3. The molecule has 10 heteroatoms. The molecule has 7 rings (SSSR count). The van der Waals surface area contributed by atoms with Gasteiger partial charge in [0, 0.05) is 41.8 Å². The third-order valence-electron chi connectivity index (χ3n) is 7.64. The zero-order valence-corrected chi connectivity index (χ0v) is 27.6. The SMILES string of the molecule is Cc1cc(-c2ccc(C=C3C(=O)c4cc(Cl)c(Cl)cc4C3=O)cc2)sc1-c1ccc(C=C2C(=O)c3cc(Cl)c(Cl)cc3C2=O)s1. The van der Waals surface area contributed by atoms with Crippen molar-refractivity contribution in [3.05, 3.63) is 136 Å². The van der Waals surface area contributed by atoms with Crippen LogP contribution in [0.25, 0.3) is 32.3 Å². The third-order valence-corrected chi connectivity index (χ3v) is 11.6. The van der Waals surface area contributed by atoms with Crippen LogP contribution >= 0.6 is 69.1 Å². The highest BCUT2D eigenvalue weighted by Crippen LogP contribution is 2.42. The first-order valence-electron chi connectivity index (χ1n) is 13.4. The monoisotopic (exact) mass is 704 g/mol. The summed E-state index contributed by atoms with van der Waals surface area (Å²) in [6.07, 6.45) is 3.21. The maximum Gasteiger partial charge on any atom is 0.197 e. The molecule has 0 N–H and O–H groups in total. The molecule has 2 heterocycles. The number of fused-ring (bicyclic) bond motifs is 2. The molecule has 0 aliphatic heterocycles. The number of allylic oxidation sites excluding steroid dienone is 2. The van der Waals surface area contributed by atoms with E-state index in [4.69, 9.17) is 46.4 Å². The number of carbonyl (C=O) groups excluding carboxylic acids is 4. The molecule has 0 unspecified atom stereocenters. The highest BCUT2D eigenvalue weighted by atomic mass is 35.5. The predicted octanol–water partition coefficient (Wildman–Crippen LogP) is 11.0. The van der Waals surface area contributed by atoms with Crippen molar-refractivity contribution in [2.24, 2.45) is 0 Å². The van der Waals surface area contributed by atoms with Gasteiger partial charge in [-0.05, 0) is 78.2 Å². The second-order valence-electron chi connectivity index (χ2n) is 10.5. The number of aryl methyl sites for hydroxylation is 1. The summed E-state index contributed by atoms with van der Waals surface area (Å²) < 4.78 is 0. The Morgan fingerprint density at radius 2 is 1.00 bits per heavy atom. The molecule has 2 aliphatic carbocycles. The van der Waals surface area contributed by atoms with Gasteiger partial charge in [0.15, 0.2) is 23.1 Å². The zero-order chi connectivity index (χ0) is 31.7. The topological polar surface area (TPSA) is 68.3 Å². The van der Waals surface area contributed by atoms with Gasteiger partial charge < -0.3 is 0 Å². The van der Waals surface area contributed by atoms with Crippen molar-refractivity contribution < 1.29 is 19.2 Å². The van der Waals surface area contributed by atoms with Crippen LogP contribution in [0.2, 0.25) is 20.1 Å². The first-order valence-corrected chi connectivity index (χ1v) is 16.6. The van der Waals surface area contributed by atoms with Gasteiger partial charge in [-0.1, -0.05) is 70.7 Å². The Labute approximate surface area is 285 Å². The fourth-order valence-electron chi connectivity index (χ4n) is 5.37. The van der Waals surface area contributed by atoms with Crippen molar-refractivity contribution in [2.75, 3.05) is 0 Å².